The fourth-order valence-electron chi connectivity index (χ4n) is 4.11. The van der Waals surface area contributed by atoms with E-state index < -0.39 is 0 Å². The largest absolute Gasteiger partial charge is 0.462 e. The molecule has 3 nitrogen and oxygen atoms in total. The molecule has 0 saturated heterocycles. The molecular formula is C16H24O3. The van der Waals surface area contributed by atoms with Gasteiger partial charge in [-0.2, -0.15) is 0 Å². The first-order valence-corrected chi connectivity index (χ1v) is 7.30. The van der Waals surface area contributed by atoms with Gasteiger partial charge in [-0.3, -0.25) is 4.79 Å². The number of ether oxygens (including phenoxy) is 1. The number of rotatable bonds is 4. The van der Waals surface area contributed by atoms with Crippen molar-refractivity contribution in [3.63, 3.8) is 0 Å². The van der Waals surface area contributed by atoms with Crippen LogP contribution in [0, 0.1) is 17.3 Å². The quantitative estimate of drug-likeness (QED) is 0.444. The number of carbonyl (C=O) groups is 2. The van der Waals surface area contributed by atoms with Crippen LogP contribution in [-0.2, 0) is 14.3 Å². The van der Waals surface area contributed by atoms with Gasteiger partial charge in [0.15, 0.2) is 0 Å². The summed E-state index contributed by atoms with van der Waals surface area (Å²) < 4.78 is 5.52. The molecular weight excluding hydrogens is 240 g/mol. The van der Waals surface area contributed by atoms with Crippen molar-refractivity contribution in [3.05, 3.63) is 11.6 Å². The zero-order valence-electron chi connectivity index (χ0n) is 12.1. The molecule has 2 rings (SSSR count). The summed E-state index contributed by atoms with van der Waals surface area (Å²) in [6, 6.07) is 0. The van der Waals surface area contributed by atoms with Gasteiger partial charge in [0.2, 0.25) is 0 Å². The van der Waals surface area contributed by atoms with Crippen molar-refractivity contribution in [1.29, 1.82) is 0 Å². The molecule has 2 aliphatic rings. The van der Waals surface area contributed by atoms with Gasteiger partial charge < -0.3 is 9.53 Å². The lowest BCUT2D eigenvalue weighted by molar-refractivity contribution is -0.153. The molecule has 0 bridgehead atoms. The van der Waals surface area contributed by atoms with Gasteiger partial charge in [-0.25, -0.2) is 0 Å². The zero-order chi connectivity index (χ0) is 14.0. The summed E-state index contributed by atoms with van der Waals surface area (Å²) in [7, 11) is 0. The Kier molecular flexibility index (Phi) is 4.12. The molecule has 3 heteroatoms. The second-order valence-corrected chi connectivity index (χ2v) is 6.26. The van der Waals surface area contributed by atoms with Gasteiger partial charge in [-0.1, -0.05) is 25.5 Å². The van der Waals surface area contributed by atoms with Crippen molar-refractivity contribution in [2.45, 2.75) is 59.0 Å². The Morgan fingerprint density at radius 3 is 3.00 bits per heavy atom. The van der Waals surface area contributed by atoms with Gasteiger partial charge in [0.25, 0.3) is 0 Å². The maximum absolute atomic E-state index is 11.2. The Balaban J connectivity index is 2.17. The second-order valence-electron chi connectivity index (χ2n) is 6.26. The standard InChI is InChI=1S/C16H24O3/c1-11(8-10-17)13-6-7-14-15(19-12(2)18)5-4-9-16(13,14)3/h6,10-11,14-15H,4-5,7-9H2,1-3H3/t11?,14-,15-,16+/m0/s1. The van der Waals surface area contributed by atoms with Crippen molar-refractivity contribution in [3.8, 4) is 0 Å². The van der Waals surface area contributed by atoms with Gasteiger partial charge in [-0.15, -0.1) is 0 Å². The van der Waals surface area contributed by atoms with Crippen LogP contribution in [0.25, 0.3) is 0 Å². The second kappa shape index (κ2) is 5.48. The van der Waals surface area contributed by atoms with Crippen molar-refractivity contribution in [2.75, 3.05) is 0 Å². The molecule has 0 radical (unpaired) electrons. The van der Waals surface area contributed by atoms with Crippen LogP contribution in [0.1, 0.15) is 52.9 Å². The minimum atomic E-state index is -0.177. The van der Waals surface area contributed by atoms with E-state index in [1.165, 1.54) is 12.5 Å². The van der Waals surface area contributed by atoms with Crippen LogP contribution in [0.4, 0.5) is 0 Å². The van der Waals surface area contributed by atoms with E-state index in [9.17, 15) is 9.59 Å². The van der Waals surface area contributed by atoms with E-state index in [0.29, 0.717) is 18.3 Å². The first-order chi connectivity index (χ1) is 8.99. The fraction of sp³-hybridized carbons (Fsp3) is 0.750. The van der Waals surface area contributed by atoms with Gasteiger partial charge in [-0.05, 0) is 37.0 Å². The van der Waals surface area contributed by atoms with Crippen LogP contribution >= 0.6 is 0 Å². The number of aldehydes is 1. The summed E-state index contributed by atoms with van der Waals surface area (Å²) in [6.45, 7) is 5.90. The smallest absolute Gasteiger partial charge is 0.302 e. The first kappa shape index (κ1) is 14.3. The highest BCUT2D eigenvalue weighted by Gasteiger charge is 2.49. The molecule has 0 aromatic heterocycles. The Labute approximate surface area is 115 Å². The molecule has 0 aromatic carbocycles. The molecule has 0 amide bonds. The number of fused-ring (bicyclic) bond motifs is 1. The fourth-order valence-corrected chi connectivity index (χ4v) is 4.11. The van der Waals surface area contributed by atoms with Crippen LogP contribution in [0.3, 0.4) is 0 Å². The van der Waals surface area contributed by atoms with Gasteiger partial charge in [0, 0.05) is 19.3 Å². The normalized spacial score (nSPS) is 35.2. The Bertz CT molecular complexity index is 399. The van der Waals surface area contributed by atoms with Crippen molar-refractivity contribution in [1.82, 2.24) is 0 Å². The molecule has 1 unspecified atom stereocenters. The van der Waals surface area contributed by atoms with E-state index >= 15 is 0 Å². The molecule has 0 N–H and O–H groups in total. The molecule has 1 saturated carbocycles. The highest BCUT2D eigenvalue weighted by atomic mass is 16.5. The molecule has 2 aliphatic carbocycles. The molecule has 1 fully saturated rings. The maximum Gasteiger partial charge on any atom is 0.302 e. The molecule has 106 valence electrons. The highest BCUT2D eigenvalue weighted by molar-refractivity contribution is 5.66. The predicted octanol–water partition coefficient (Wildman–Crippen LogP) is 3.28. The summed E-state index contributed by atoms with van der Waals surface area (Å²) in [4.78, 5) is 22.0. The molecule has 4 atom stereocenters. The molecule has 0 aliphatic heterocycles. The number of esters is 1. The van der Waals surface area contributed by atoms with Crippen LogP contribution in [0.5, 0.6) is 0 Å². The summed E-state index contributed by atoms with van der Waals surface area (Å²) in [6.07, 6.45) is 8.13. The highest BCUT2D eigenvalue weighted by Crippen LogP contribution is 2.55. The Hall–Kier alpha value is -1.12. The topological polar surface area (TPSA) is 43.4 Å². The lowest BCUT2D eigenvalue weighted by atomic mass is 9.63. The number of allylic oxidation sites excluding steroid dienone is 2. The predicted molar refractivity (Wildman–Crippen MR) is 73.5 cm³/mol. The number of hydrogen-bond donors (Lipinski definition) is 0. The lowest BCUT2D eigenvalue weighted by Gasteiger charge is -2.44. The molecule has 0 heterocycles. The average molecular weight is 264 g/mol. The summed E-state index contributed by atoms with van der Waals surface area (Å²) in [5.74, 6) is 0.529. The van der Waals surface area contributed by atoms with E-state index in [4.69, 9.17) is 4.74 Å². The Morgan fingerprint density at radius 1 is 1.63 bits per heavy atom. The van der Waals surface area contributed by atoms with Crippen LogP contribution in [0.15, 0.2) is 11.6 Å². The first-order valence-electron chi connectivity index (χ1n) is 7.30. The van der Waals surface area contributed by atoms with Crippen LogP contribution in [0.2, 0.25) is 0 Å². The summed E-state index contributed by atoms with van der Waals surface area (Å²) in [5.41, 5.74) is 1.52. The Morgan fingerprint density at radius 2 is 2.37 bits per heavy atom. The third-order valence-corrected chi connectivity index (χ3v) is 5.00. The molecule has 0 spiro atoms. The van der Waals surface area contributed by atoms with Crippen molar-refractivity contribution >= 4 is 12.3 Å². The molecule has 0 aromatic rings. The third-order valence-electron chi connectivity index (χ3n) is 5.00. The summed E-state index contributed by atoms with van der Waals surface area (Å²) in [5, 5.41) is 0. The van der Waals surface area contributed by atoms with Gasteiger partial charge in [0.05, 0.1) is 0 Å². The van der Waals surface area contributed by atoms with E-state index in [2.05, 4.69) is 19.9 Å². The van der Waals surface area contributed by atoms with Gasteiger partial charge in [0.1, 0.15) is 12.4 Å². The average Bonchev–Trinajstić information content (AvgIpc) is 2.67. The SMILES string of the molecule is CC(=O)O[C@H]1CCC[C@]2(C)C(C(C)CC=O)=CC[C@@H]12. The van der Waals surface area contributed by atoms with Crippen LogP contribution < -0.4 is 0 Å². The maximum atomic E-state index is 11.2. The minimum Gasteiger partial charge on any atom is -0.462 e. The third kappa shape index (κ3) is 2.60. The van der Waals surface area contributed by atoms with E-state index in [0.717, 1.165) is 32.0 Å². The van der Waals surface area contributed by atoms with Crippen molar-refractivity contribution < 1.29 is 14.3 Å². The van der Waals surface area contributed by atoms with Gasteiger partial charge >= 0.3 is 5.97 Å². The van der Waals surface area contributed by atoms with Crippen LogP contribution in [-0.4, -0.2) is 18.4 Å². The zero-order valence-corrected chi connectivity index (χ0v) is 12.1. The van der Waals surface area contributed by atoms with E-state index in [1.54, 1.807) is 0 Å². The monoisotopic (exact) mass is 264 g/mol. The van der Waals surface area contributed by atoms with Crippen molar-refractivity contribution in [2.24, 2.45) is 17.3 Å². The minimum absolute atomic E-state index is 0.0495. The summed E-state index contributed by atoms with van der Waals surface area (Å²) >= 11 is 0. The number of hydrogen-bond acceptors (Lipinski definition) is 3. The van der Waals surface area contributed by atoms with E-state index in [-0.39, 0.29) is 17.5 Å². The molecule has 19 heavy (non-hydrogen) atoms. The van der Waals surface area contributed by atoms with E-state index in [1.807, 2.05) is 0 Å². The lowest BCUT2D eigenvalue weighted by Crippen LogP contribution is -2.41. The number of carbonyl (C=O) groups excluding carboxylic acids is 2.